The minimum absolute atomic E-state index is 0.773. The van der Waals surface area contributed by atoms with Crippen molar-refractivity contribution in [2.24, 2.45) is 0 Å². The lowest BCUT2D eigenvalue weighted by molar-refractivity contribution is 0.306. The summed E-state index contributed by atoms with van der Waals surface area (Å²) in [5, 5.41) is 2.11. The maximum absolute atomic E-state index is 6.00. The van der Waals surface area contributed by atoms with Crippen LogP contribution in [0.4, 0.5) is 5.69 Å². The smallest absolute Gasteiger partial charge is 0.128 e. The van der Waals surface area contributed by atoms with Gasteiger partial charge in [-0.2, -0.15) is 0 Å². The highest BCUT2D eigenvalue weighted by Crippen LogP contribution is 2.36. The monoisotopic (exact) mass is 307 g/mol. The number of rotatable bonds is 1. The third-order valence-electron chi connectivity index (χ3n) is 4.34. The van der Waals surface area contributed by atoms with Crippen LogP contribution >= 0.6 is 0 Å². The number of anilines is 1. The molecule has 0 aliphatic carbocycles. The molecule has 0 saturated heterocycles. The summed E-state index contributed by atoms with van der Waals surface area (Å²) < 4.78 is 6.00. The lowest BCUT2D eigenvalue weighted by Crippen LogP contribution is -2.37. The van der Waals surface area contributed by atoms with Crippen molar-refractivity contribution >= 4 is 11.4 Å². The van der Waals surface area contributed by atoms with Crippen molar-refractivity contribution in [2.45, 2.75) is 26.2 Å². The zero-order valence-corrected chi connectivity index (χ0v) is 13.3. The molecule has 0 spiro atoms. The number of hydrazine groups is 2. The van der Waals surface area contributed by atoms with Gasteiger partial charge in [0.1, 0.15) is 5.75 Å². The van der Waals surface area contributed by atoms with Crippen LogP contribution in [-0.4, -0.2) is 6.61 Å². The summed E-state index contributed by atoms with van der Waals surface area (Å²) in [6.07, 6.45) is 3.20. The molecule has 0 bridgehead atoms. The van der Waals surface area contributed by atoms with E-state index in [1.54, 1.807) is 0 Å². The van der Waals surface area contributed by atoms with Crippen LogP contribution in [0.1, 0.15) is 30.4 Å². The zero-order chi connectivity index (χ0) is 15.6. The van der Waals surface area contributed by atoms with Crippen molar-refractivity contribution in [2.75, 3.05) is 11.6 Å². The molecule has 0 amide bonds. The summed E-state index contributed by atoms with van der Waals surface area (Å²) in [6.45, 7) is 2.88. The molecule has 2 aromatic rings. The third kappa shape index (κ3) is 2.66. The second-order valence-corrected chi connectivity index (χ2v) is 6.04. The largest absolute Gasteiger partial charge is 0.493 e. The molecule has 2 aliphatic rings. The fourth-order valence-electron chi connectivity index (χ4n) is 3.10. The number of nitrogens with one attached hydrogen (secondary N) is 2. The van der Waals surface area contributed by atoms with Crippen molar-refractivity contribution in [3.05, 3.63) is 65.4 Å². The second-order valence-electron chi connectivity index (χ2n) is 6.04. The Morgan fingerprint density at radius 2 is 1.83 bits per heavy atom. The van der Waals surface area contributed by atoms with Crippen LogP contribution in [-0.2, 0) is 0 Å². The molecule has 0 atom stereocenters. The molecule has 0 unspecified atom stereocenters. The van der Waals surface area contributed by atoms with E-state index in [1.165, 1.54) is 11.3 Å². The fourth-order valence-corrected chi connectivity index (χ4v) is 3.10. The maximum Gasteiger partial charge on any atom is 0.128 e. The molecule has 2 N–H and O–H groups in total. The van der Waals surface area contributed by atoms with Gasteiger partial charge in [0.2, 0.25) is 0 Å². The summed E-state index contributed by atoms with van der Waals surface area (Å²) in [4.78, 5) is 0. The average molecular weight is 307 g/mol. The van der Waals surface area contributed by atoms with Gasteiger partial charge in [-0.1, -0.05) is 29.8 Å². The van der Waals surface area contributed by atoms with Crippen LogP contribution in [0.5, 0.6) is 5.75 Å². The van der Waals surface area contributed by atoms with Crippen LogP contribution in [0.3, 0.4) is 0 Å². The van der Waals surface area contributed by atoms with Gasteiger partial charge in [-0.05, 0) is 50.5 Å². The molecule has 23 heavy (non-hydrogen) atoms. The molecule has 0 radical (unpaired) electrons. The van der Waals surface area contributed by atoms with Gasteiger partial charge >= 0.3 is 0 Å². The first-order valence-electron chi connectivity index (χ1n) is 8.17. The number of para-hydroxylation sites is 1. The Morgan fingerprint density at radius 3 is 2.70 bits per heavy atom. The van der Waals surface area contributed by atoms with E-state index >= 15 is 0 Å². The number of nitrogens with zero attached hydrogens (tertiary/aromatic N) is 1. The Kier molecular flexibility index (Phi) is 3.67. The van der Waals surface area contributed by atoms with E-state index in [4.69, 9.17) is 4.74 Å². The number of ether oxygens (including phenoxy) is 1. The lowest BCUT2D eigenvalue weighted by atomic mass is 10.1. The summed E-state index contributed by atoms with van der Waals surface area (Å²) in [6, 6.07) is 16.8. The molecule has 4 nitrogen and oxygen atoms in total. The van der Waals surface area contributed by atoms with E-state index in [9.17, 15) is 0 Å². The van der Waals surface area contributed by atoms with Gasteiger partial charge in [0.25, 0.3) is 0 Å². The molecule has 4 heteroatoms. The summed E-state index contributed by atoms with van der Waals surface area (Å²) in [5.41, 5.74) is 12.5. The Hall–Kier alpha value is -2.46. The zero-order valence-electron chi connectivity index (χ0n) is 13.3. The van der Waals surface area contributed by atoms with Gasteiger partial charge in [-0.3, -0.25) is 5.01 Å². The van der Waals surface area contributed by atoms with E-state index < -0.39 is 0 Å². The Balaban J connectivity index is 1.82. The molecule has 0 fully saturated rings. The molecule has 2 heterocycles. The molecule has 0 aromatic heterocycles. The van der Waals surface area contributed by atoms with E-state index in [0.717, 1.165) is 48.6 Å². The van der Waals surface area contributed by atoms with E-state index in [-0.39, 0.29) is 0 Å². The number of hydrogen-bond acceptors (Lipinski definition) is 4. The van der Waals surface area contributed by atoms with Crippen LogP contribution in [0.25, 0.3) is 5.70 Å². The highest BCUT2D eigenvalue weighted by Gasteiger charge is 2.27. The van der Waals surface area contributed by atoms with Crippen molar-refractivity contribution in [3.63, 3.8) is 0 Å². The van der Waals surface area contributed by atoms with Crippen LogP contribution < -0.4 is 20.7 Å². The molecule has 2 aromatic carbocycles. The van der Waals surface area contributed by atoms with Gasteiger partial charge in [0.05, 0.1) is 23.7 Å². The van der Waals surface area contributed by atoms with E-state index in [0.29, 0.717) is 0 Å². The van der Waals surface area contributed by atoms with Crippen molar-refractivity contribution < 1.29 is 4.74 Å². The maximum atomic E-state index is 6.00. The molecule has 0 saturated carbocycles. The topological polar surface area (TPSA) is 36.5 Å². The van der Waals surface area contributed by atoms with Gasteiger partial charge in [-0.25, -0.2) is 0 Å². The number of benzene rings is 2. The number of aryl methyl sites for hydroxylation is 1. The first-order chi connectivity index (χ1) is 11.3. The SMILES string of the molecule is Cc1ccc(N2NNC3=C2c2ccccc2OCCCC3)cc1. The summed E-state index contributed by atoms with van der Waals surface area (Å²) in [5.74, 6) is 0.949. The number of hydrogen-bond donors (Lipinski definition) is 2. The lowest BCUT2D eigenvalue weighted by Gasteiger charge is -2.23. The van der Waals surface area contributed by atoms with Crippen LogP contribution in [0.2, 0.25) is 0 Å². The minimum atomic E-state index is 0.773. The highest BCUT2D eigenvalue weighted by atomic mass is 16.5. The summed E-state index contributed by atoms with van der Waals surface area (Å²) >= 11 is 0. The quantitative estimate of drug-likeness (QED) is 0.841. The highest BCUT2D eigenvalue weighted by molar-refractivity contribution is 5.84. The van der Waals surface area contributed by atoms with Crippen LogP contribution in [0.15, 0.2) is 54.2 Å². The molecular weight excluding hydrogens is 286 g/mol. The Labute approximate surface area is 136 Å². The minimum Gasteiger partial charge on any atom is -0.493 e. The van der Waals surface area contributed by atoms with Gasteiger partial charge in [0.15, 0.2) is 0 Å². The van der Waals surface area contributed by atoms with E-state index in [2.05, 4.69) is 65.4 Å². The molecular formula is C19H21N3O. The van der Waals surface area contributed by atoms with E-state index in [1.807, 2.05) is 6.07 Å². The average Bonchev–Trinajstić information content (AvgIpc) is 3.01. The Morgan fingerprint density at radius 1 is 1.00 bits per heavy atom. The molecule has 4 rings (SSSR count). The first kappa shape index (κ1) is 14.2. The standard InChI is InChI=1S/C19H21N3O/c1-14-9-11-15(12-10-14)22-19-16-6-2-3-8-18(16)23-13-5-4-7-17(19)20-21-22/h2-3,6,8-12,20-21H,4-5,7,13H2,1H3. The number of fused-ring (bicyclic) bond motifs is 2. The van der Waals surface area contributed by atoms with Crippen molar-refractivity contribution in [3.8, 4) is 5.75 Å². The predicted molar refractivity (Wildman–Crippen MR) is 92.6 cm³/mol. The number of allylic oxidation sites excluding steroid dienone is 1. The third-order valence-corrected chi connectivity index (χ3v) is 4.34. The van der Waals surface area contributed by atoms with Gasteiger partial charge < -0.3 is 10.2 Å². The van der Waals surface area contributed by atoms with Gasteiger partial charge in [0, 0.05) is 5.56 Å². The normalized spacial score (nSPS) is 17.3. The second kappa shape index (κ2) is 5.97. The summed E-state index contributed by atoms with van der Waals surface area (Å²) in [7, 11) is 0. The first-order valence-corrected chi connectivity index (χ1v) is 8.17. The van der Waals surface area contributed by atoms with Crippen molar-refractivity contribution in [1.82, 2.24) is 11.0 Å². The van der Waals surface area contributed by atoms with Crippen molar-refractivity contribution in [1.29, 1.82) is 0 Å². The predicted octanol–water partition coefficient (Wildman–Crippen LogP) is 3.76. The fraction of sp³-hybridized carbons (Fsp3) is 0.263. The van der Waals surface area contributed by atoms with Crippen LogP contribution in [0, 0.1) is 6.92 Å². The van der Waals surface area contributed by atoms with Gasteiger partial charge in [-0.15, -0.1) is 5.53 Å². The molecule has 2 aliphatic heterocycles. The molecule has 118 valence electrons. The Bertz CT molecular complexity index is 737.